The SMILES string of the molecule is CCc1ccnc(OOC(C)=O)c1Oc1cc(-n2c(=O)cc(C(F)(F)F)n(C)c2=O)c(F)cc1Cl. The number of rotatable bonds is 6. The van der Waals surface area contributed by atoms with Gasteiger partial charge in [0, 0.05) is 37.9 Å². The number of hydrogen-bond donors (Lipinski definition) is 0. The predicted octanol–water partition coefficient (Wildman–Crippen LogP) is 3.95. The van der Waals surface area contributed by atoms with Gasteiger partial charge in [0.2, 0.25) is 0 Å². The van der Waals surface area contributed by atoms with Crippen LogP contribution in [-0.4, -0.2) is 20.1 Å². The molecule has 0 atom stereocenters. The van der Waals surface area contributed by atoms with Crippen LogP contribution in [0.5, 0.6) is 17.4 Å². The molecule has 0 aliphatic carbocycles. The molecule has 9 nitrogen and oxygen atoms in total. The number of aryl methyl sites for hydroxylation is 1. The smallest absolute Gasteiger partial charge is 0.431 e. The highest BCUT2D eigenvalue weighted by Crippen LogP contribution is 2.38. The van der Waals surface area contributed by atoms with Crippen molar-refractivity contribution in [2.75, 3.05) is 0 Å². The summed E-state index contributed by atoms with van der Waals surface area (Å²) < 4.78 is 60.2. The summed E-state index contributed by atoms with van der Waals surface area (Å²) in [6.07, 6.45) is -3.28. The van der Waals surface area contributed by atoms with E-state index < -0.39 is 40.6 Å². The molecule has 35 heavy (non-hydrogen) atoms. The van der Waals surface area contributed by atoms with Crippen LogP contribution in [0, 0.1) is 5.82 Å². The first kappa shape index (κ1) is 25.7. The van der Waals surface area contributed by atoms with Gasteiger partial charge in [0.05, 0.1) is 10.7 Å². The highest BCUT2D eigenvalue weighted by molar-refractivity contribution is 6.32. The van der Waals surface area contributed by atoms with E-state index in [0.29, 0.717) is 18.1 Å². The van der Waals surface area contributed by atoms with Crippen molar-refractivity contribution in [1.82, 2.24) is 14.1 Å². The molecule has 0 N–H and O–H groups in total. The maximum absolute atomic E-state index is 14.8. The number of halogens is 5. The second kappa shape index (κ2) is 9.78. The molecule has 186 valence electrons. The van der Waals surface area contributed by atoms with Gasteiger partial charge in [-0.15, -0.1) is 0 Å². The fourth-order valence-electron chi connectivity index (χ4n) is 3.01. The predicted molar refractivity (Wildman–Crippen MR) is 113 cm³/mol. The lowest BCUT2D eigenvalue weighted by molar-refractivity contribution is -0.212. The normalized spacial score (nSPS) is 11.3. The first-order chi connectivity index (χ1) is 16.3. The Morgan fingerprint density at radius 2 is 1.89 bits per heavy atom. The largest absolute Gasteiger partial charge is 0.450 e. The van der Waals surface area contributed by atoms with Crippen LogP contribution in [0.4, 0.5) is 17.6 Å². The number of pyridine rings is 1. The monoisotopic (exact) mass is 517 g/mol. The van der Waals surface area contributed by atoms with Crippen molar-refractivity contribution in [1.29, 1.82) is 0 Å². The number of aromatic nitrogens is 3. The number of ether oxygens (including phenoxy) is 1. The Kier molecular flexibility index (Phi) is 7.19. The fraction of sp³-hybridized carbons (Fsp3) is 0.238. The molecule has 14 heteroatoms. The van der Waals surface area contributed by atoms with Gasteiger partial charge in [-0.3, -0.25) is 14.2 Å². The first-order valence-electron chi connectivity index (χ1n) is 9.75. The van der Waals surface area contributed by atoms with Crippen molar-refractivity contribution in [3.8, 4) is 23.1 Å². The lowest BCUT2D eigenvalue weighted by Crippen LogP contribution is -2.41. The van der Waals surface area contributed by atoms with Crippen LogP contribution in [0.15, 0.2) is 40.1 Å². The second-order valence-corrected chi connectivity index (χ2v) is 7.40. The average Bonchev–Trinajstić information content (AvgIpc) is 2.77. The minimum atomic E-state index is -4.99. The number of carbonyl (C=O) groups excluding carboxylic acids is 1. The van der Waals surface area contributed by atoms with Crippen molar-refractivity contribution < 1.29 is 36.9 Å². The number of nitrogens with zero attached hydrogens (tertiary/aromatic N) is 3. The Labute approximate surface area is 199 Å². The lowest BCUT2D eigenvalue weighted by Gasteiger charge is -2.17. The molecule has 0 bridgehead atoms. The molecular formula is C21H16ClF4N3O6. The summed E-state index contributed by atoms with van der Waals surface area (Å²) in [5.74, 6) is -2.64. The van der Waals surface area contributed by atoms with Gasteiger partial charge in [0.15, 0.2) is 5.75 Å². The van der Waals surface area contributed by atoms with E-state index in [1.807, 2.05) is 0 Å². The van der Waals surface area contributed by atoms with E-state index in [0.717, 1.165) is 20.0 Å². The van der Waals surface area contributed by atoms with E-state index in [-0.39, 0.29) is 37.6 Å². The number of alkyl halides is 3. The average molecular weight is 518 g/mol. The molecule has 0 unspecified atom stereocenters. The molecule has 2 aromatic heterocycles. The minimum absolute atomic E-state index is 0.0802. The minimum Gasteiger partial charge on any atom is -0.450 e. The van der Waals surface area contributed by atoms with Crippen LogP contribution in [0.2, 0.25) is 5.02 Å². The summed E-state index contributed by atoms with van der Waals surface area (Å²) in [6.45, 7) is 2.83. The van der Waals surface area contributed by atoms with Gasteiger partial charge in [-0.05, 0) is 18.6 Å². The highest BCUT2D eigenvalue weighted by atomic mass is 35.5. The summed E-state index contributed by atoms with van der Waals surface area (Å²) in [4.78, 5) is 49.3. The topological polar surface area (TPSA) is 102 Å². The Morgan fingerprint density at radius 3 is 2.49 bits per heavy atom. The van der Waals surface area contributed by atoms with Crippen molar-refractivity contribution >= 4 is 17.6 Å². The van der Waals surface area contributed by atoms with Crippen LogP contribution in [-0.2, 0) is 29.3 Å². The van der Waals surface area contributed by atoms with Gasteiger partial charge in [-0.1, -0.05) is 18.5 Å². The van der Waals surface area contributed by atoms with Gasteiger partial charge in [0.25, 0.3) is 5.56 Å². The fourth-order valence-corrected chi connectivity index (χ4v) is 3.20. The number of hydrogen-bond acceptors (Lipinski definition) is 7. The van der Waals surface area contributed by atoms with Crippen LogP contribution < -0.4 is 20.9 Å². The van der Waals surface area contributed by atoms with Crippen LogP contribution in [0.1, 0.15) is 25.1 Å². The second-order valence-electron chi connectivity index (χ2n) is 6.99. The molecule has 0 amide bonds. The first-order valence-corrected chi connectivity index (χ1v) is 10.1. The van der Waals surface area contributed by atoms with E-state index in [1.165, 1.54) is 6.20 Å². The lowest BCUT2D eigenvalue weighted by atomic mass is 10.2. The standard InChI is InChI=1S/C21H16ClF4N3O6/c1-4-11-5-6-27-19(35-34-10(2)30)18(11)33-15-8-14(13(23)7-12(15)22)29-17(31)9-16(21(24,25)26)28(3)20(29)32/h5-9H,4H2,1-3H3. The van der Waals surface area contributed by atoms with Gasteiger partial charge in [0.1, 0.15) is 17.3 Å². The van der Waals surface area contributed by atoms with E-state index in [4.69, 9.17) is 21.2 Å². The maximum Gasteiger partial charge on any atom is 0.431 e. The van der Waals surface area contributed by atoms with Crippen LogP contribution >= 0.6 is 11.6 Å². The third-order valence-electron chi connectivity index (χ3n) is 4.64. The number of carbonyl (C=O) groups is 1. The molecule has 0 fully saturated rings. The van der Waals surface area contributed by atoms with Crippen LogP contribution in [0.25, 0.3) is 5.69 Å². The van der Waals surface area contributed by atoms with Gasteiger partial charge in [-0.25, -0.2) is 28.4 Å². The zero-order valence-electron chi connectivity index (χ0n) is 18.3. The summed E-state index contributed by atoms with van der Waals surface area (Å²) in [6, 6.07) is 3.28. The van der Waals surface area contributed by atoms with Crippen molar-refractivity contribution in [2.45, 2.75) is 26.4 Å². The maximum atomic E-state index is 14.8. The Hall–Kier alpha value is -3.87. The third-order valence-corrected chi connectivity index (χ3v) is 4.93. The quantitative estimate of drug-likeness (QED) is 0.277. The summed E-state index contributed by atoms with van der Waals surface area (Å²) in [5, 5.41) is -0.313. The molecule has 0 aliphatic rings. The van der Waals surface area contributed by atoms with E-state index >= 15 is 0 Å². The van der Waals surface area contributed by atoms with Crippen molar-refractivity contribution in [3.63, 3.8) is 0 Å². The highest BCUT2D eigenvalue weighted by Gasteiger charge is 2.35. The summed E-state index contributed by atoms with van der Waals surface area (Å²) in [5.41, 5.74) is -4.61. The van der Waals surface area contributed by atoms with Gasteiger partial charge >= 0.3 is 23.7 Å². The van der Waals surface area contributed by atoms with E-state index in [9.17, 15) is 31.9 Å². The van der Waals surface area contributed by atoms with Crippen molar-refractivity contribution in [2.24, 2.45) is 7.05 Å². The summed E-state index contributed by atoms with van der Waals surface area (Å²) >= 11 is 6.08. The molecule has 0 aliphatic heterocycles. The van der Waals surface area contributed by atoms with Gasteiger partial charge < -0.3 is 4.74 Å². The van der Waals surface area contributed by atoms with Crippen molar-refractivity contribution in [3.05, 3.63) is 73.4 Å². The summed E-state index contributed by atoms with van der Waals surface area (Å²) in [7, 11) is 0.786. The Bertz CT molecular complexity index is 1420. The van der Waals surface area contributed by atoms with E-state index in [2.05, 4.69) is 9.87 Å². The molecule has 0 saturated carbocycles. The Balaban J connectivity index is 2.17. The van der Waals surface area contributed by atoms with Gasteiger partial charge in [-0.2, -0.15) is 13.2 Å². The number of benzene rings is 1. The molecule has 0 spiro atoms. The zero-order valence-corrected chi connectivity index (χ0v) is 19.0. The molecule has 3 aromatic rings. The molecule has 1 aromatic carbocycles. The molecule has 0 radical (unpaired) electrons. The molecule has 2 heterocycles. The Morgan fingerprint density at radius 1 is 1.20 bits per heavy atom. The third kappa shape index (κ3) is 5.29. The molecule has 3 rings (SSSR count). The zero-order chi connectivity index (χ0) is 26.1. The van der Waals surface area contributed by atoms with Crippen LogP contribution in [0.3, 0.4) is 0 Å². The molecular weight excluding hydrogens is 502 g/mol. The van der Waals surface area contributed by atoms with E-state index in [1.54, 1.807) is 13.0 Å². The molecule has 0 saturated heterocycles.